The Morgan fingerprint density at radius 2 is 1.10 bits per heavy atom. The van der Waals surface area contributed by atoms with Crippen molar-refractivity contribution < 1.29 is 121 Å². The lowest BCUT2D eigenvalue weighted by atomic mass is 9.95. The molecule has 4 amide bonds. The number of ether oxygens (including phenoxy) is 12. The van der Waals surface area contributed by atoms with Crippen LogP contribution in [0.15, 0.2) is 25.3 Å². The number of nitrogens with two attached hydrogens (primary N) is 2. The number of aliphatic hydroxyl groups excluding tert-OH is 6. The summed E-state index contributed by atoms with van der Waals surface area (Å²) in [4.78, 5) is 86.7. The molecule has 9 rings (SSSR count). The van der Waals surface area contributed by atoms with E-state index in [1.807, 2.05) is 0 Å². The van der Waals surface area contributed by atoms with Crippen LogP contribution in [0.2, 0.25) is 0 Å². The smallest absolute Gasteiger partial charge is 0.339 e. The van der Waals surface area contributed by atoms with Crippen LogP contribution in [-0.4, -0.2) is 288 Å². The number of nitrogen functional groups attached to an aromatic ring is 2. The molecule has 554 valence electrons. The fourth-order valence-electron chi connectivity index (χ4n) is 12.2. The first-order valence-electron chi connectivity index (χ1n) is 32.9. The SMILES string of the molecule is CC(=O)N[C@H]1[C@H](OCCCCC(=O)NCCOCCOCO[C@@H]2C[C@@H](COP(=O)(O)C3(C)[C@@H](C4CC4)O[C@@H](n4cnc5c(N)ncnc54)[C@@H]3OCOCCOCCNC(=O)CCCCO[C@@H]3O[C@H](CO)[C@H](O)[C@H](O)[C@H]3NC(C)=O)O[C@H]2n2cnc3c(N)ncnc32)O[C@H](CO)[C@H](O)[C@@H]1O. The molecule has 1 aliphatic carbocycles. The first kappa shape index (κ1) is 77.2. The fraction of sp³-hybridized carbons (Fsp3) is 0.763. The lowest BCUT2D eigenvalue weighted by Crippen LogP contribution is -2.64. The van der Waals surface area contributed by atoms with Crippen LogP contribution in [0, 0.1) is 5.92 Å². The van der Waals surface area contributed by atoms with Crippen LogP contribution in [0.4, 0.5) is 11.6 Å². The van der Waals surface area contributed by atoms with Crippen molar-refractivity contribution in [1.29, 1.82) is 0 Å². The number of anilines is 2. The Kier molecular flexibility index (Phi) is 28.6. The molecule has 39 nitrogen and oxygen atoms in total. The molecule has 15 N–H and O–H groups in total. The van der Waals surface area contributed by atoms with Crippen molar-refractivity contribution in [3.05, 3.63) is 25.3 Å². The largest absolute Gasteiger partial charge is 0.394 e. The lowest BCUT2D eigenvalue weighted by molar-refractivity contribution is -0.270. The molecule has 5 fully saturated rings. The molecule has 0 bridgehead atoms. The average Bonchev–Trinajstić information content (AvgIpc) is 1.56. The van der Waals surface area contributed by atoms with Crippen LogP contribution in [0.25, 0.3) is 22.3 Å². The number of carbonyl (C=O) groups excluding carboxylic acids is 4. The molecule has 40 heteroatoms. The molecular weight excluding hydrogens is 1340 g/mol. The van der Waals surface area contributed by atoms with E-state index in [1.165, 1.54) is 39.2 Å². The molecule has 4 aliphatic heterocycles. The van der Waals surface area contributed by atoms with E-state index >= 15 is 4.57 Å². The van der Waals surface area contributed by atoms with Crippen molar-refractivity contribution in [2.45, 2.75) is 182 Å². The number of amides is 4. The quantitative estimate of drug-likeness (QED) is 0.0117. The second-order valence-electron chi connectivity index (χ2n) is 24.7. The molecule has 8 heterocycles. The second-order valence-corrected chi connectivity index (χ2v) is 26.9. The Morgan fingerprint density at radius 1 is 0.616 bits per heavy atom. The summed E-state index contributed by atoms with van der Waals surface area (Å²) in [5.74, 6) is -1.33. The van der Waals surface area contributed by atoms with Crippen molar-refractivity contribution in [3.63, 3.8) is 0 Å². The maximum Gasteiger partial charge on any atom is 0.339 e. The van der Waals surface area contributed by atoms with Gasteiger partial charge in [0, 0.05) is 59.4 Å². The highest BCUT2D eigenvalue weighted by Crippen LogP contribution is 2.68. The van der Waals surface area contributed by atoms with Gasteiger partial charge in [0.1, 0.15) is 103 Å². The van der Waals surface area contributed by atoms with Gasteiger partial charge in [-0.3, -0.25) is 32.9 Å². The van der Waals surface area contributed by atoms with E-state index < -0.39 is 143 Å². The van der Waals surface area contributed by atoms with Crippen molar-refractivity contribution in [2.75, 3.05) is 111 Å². The molecule has 0 spiro atoms. The van der Waals surface area contributed by atoms with E-state index in [1.54, 1.807) is 16.1 Å². The topological polar surface area (TPSA) is 534 Å². The maximum absolute atomic E-state index is 15.3. The van der Waals surface area contributed by atoms with Crippen molar-refractivity contribution in [1.82, 2.24) is 60.3 Å². The van der Waals surface area contributed by atoms with Gasteiger partial charge in [0.05, 0.1) is 84.3 Å². The molecule has 4 aromatic heterocycles. The number of aliphatic hydroxyl groups is 6. The van der Waals surface area contributed by atoms with E-state index in [9.17, 15) is 54.7 Å². The van der Waals surface area contributed by atoms with Crippen LogP contribution in [0.3, 0.4) is 0 Å². The maximum atomic E-state index is 15.3. The zero-order valence-corrected chi connectivity index (χ0v) is 56.1. The minimum Gasteiger partial charge on any atom is -0.394 e. The first-order valence-corrected chi connectivity index (χ1v) is 34.5. The number of nitrogens with zero attached hydrogens (tertiary/aromatic N) is 8. The highest BCUT2D eigenvalue weighted by molar-refractivity contribution is 7.54. The number of fused-ring (bicyclic) bond motifs is 2. The van der Waals surface area contributed by atoms with Gasteiger partial charge >= 0.3 is 7.60 Å². The minimum atomic E-state index is -4.85. The molecule has 5 aliphatic rings. The molecule has 0 radical (unpaired) electrons. The Labute approximate surface area is 568 Å². The summed E-state index contributed by atoms with van der Waals surface area (Å²) >= 11 is 0. The molecule has 2 unspecified atom stereocenters. The first-order chi connectivity index (χ1) is 47.6. The number of carbonyl (C=O) groups is 4. The summed E-state index contributed by atoms with van der Waals surface area (Å²) < 4.78 is 96.2. The Bertz CT molecular complexity index is 3290. The van der Waals surface area contributed by atoms with Crippen LogP contribution < -0.4 is 32.7 Å². The number of rotatable bonds is 41. The summed E-state index contributed by atoms with van der Waals surface area (Å²) in [5, 5.41) is 69.3. The van der Waals surface area contributed by atoms with Crippen LogP contribution in [-0.2, 0) is 85.1 Å². The van der Waals surface area contributed by atoms with E-state index in [-0.39, 0.29) is 139 Å². The summed E-state index contributed by atoms with van der Waals surface area (Å²) in [6.45, 7) is 3.24. The second kappa shape index (κ2) is 36.7. The number of hydrogen-bond acceptors (Lipinski definition) is 32. The van der Waals surface area contributed by atoms with Crippen molar-refractivity contribution in [3.8, 4) is 0 Å². The highest BCUT2D eigenvalue weighted by Gasteiger charge is 2.68. The number of nitrogens with one attached hydrogen (secondary N) is 4. The molecule has 18 atom stereocenters. The third-order valence-electron chi connectivity index (χ3n) is 17.5. The van der Waals surface area contributed by atoms with Gasteiger partial charge in [0.25, 0.3) is 0 Å². The molecule has 0 aromatic carbocycles. The van der Waals surface area contributed by atoms with Gasteiger partial charge in [-0.05, 0) is 51.4 Å². The van der Waals surface area contributed by atoms with Crippen molar-refractivity contribution in [2.24, 2.45) is 5.92 Å². The van der Waals surface area contributed by atoms with Crippen LogP contribution in [0.1, 0.15) is 91.0 Å². The molecule has 4 saturated heterocycles. The number of unbranched alkanes of at least 4 members (excludes halogenated alkanes) is 2. The Hall–Kier alpha value is -5.99. The third kappa shape index (κ3) is 19.8. The number of aromatic nitrogens is 8. The van der Waals surface area contributed by atoms with Gasteiger partial charge < -0.3 is 130 Å². The fourth-order valence-corrected chi connectivity index (χ4v) is 13.9. The molecule has 4 aromatic rings. The Morgan fingerprint density at radius 3 is 1.59 bits per heavy atom. The zero-order valence-electron chi connectivity index (χ0n) is 55.3. The number of hydrogen-bond donors (Lipinski definition) is 13. The predicted octanol–water partition coefficient (Wildman–Crippen LogP) is -3.37. The van der Waals surface area contributed by atoms with Gasteiger partial charge in [-0.15, -0.1) is 0 Å². The van der Waals surface area contributed by atoms with Crippen molar-refractivity contribution >= 4 is 65.2 Å². The summed E-state index contributed by atoms with van der Waals surface area (Å²) in [6, 6.07) is -2.14. The van der Waals surface area contributed by atoms with Gasteiger partial charge in [0.2, 0.25) is 23.6 Å². The zero-order chi connectivity index (χ0) is 70.8. The molecular formula is C59H93N14O25P. The van der Waals surface area contributed by atoms with E-state index in [0.717, 1.165) is 0 Å². The van der Waals surface area contributed by atoms with Gasteiger partial charge in [-0.25, -0.2) is 29.9 Å². The van der Waals surface area contributed by atoms with Gasteiger partial charge in [-0.2, -0.15) is 0 Å². The normalized spacial score (nSPS) is 30.0. The third-order valence-corrected chi connectivity index (χ3v) is 19.7. The average molecular weight is 1430 g/mol. The standard InChI is InChI=1S/C59H93N14O25P/c1-32(76)70-41-47(82)45(80)37(23-74)96-57(41)90-14-6-4-8-39(78)62-12-16-86-18-20-88-30-92-36-22-35(95-55(36)72-28-68-43-51(60)64-26-66-53(43)72)25-94-99(84,85)59(3)49(34-10-11-34)98-56(73-29-69-44-52(61)65-27-67-54(44)73)50(59)93-31-89-21-19-87-17-13-63-40(79)9-5-7-15-91-58-42(71-33(2)77)48(83)46(81)38(24-75)97-58/h26-29,34-38,41-42,45-50,55-58,74-75,80-83H,4-25,30-31H2,1-3H3,(H,62,78)(H,63,79)(H,70,76)(H,71,77)(H,84,85)(H2,60,64,66)(H2,61,65,67)/t35-,36+,37+,38+,41+,42+,45-,46-,47+,48+,49+,50-,55+,56+,57+,58+,59?/m0/s1. The summed E-state index contributed by atoms with van der Waals surface area (Å²) in [6.07, 6.45) is -6.89. The van der Waals surface area contributed by atoms with Gasteiger partial charge in [0.15, 0.2) is 48.0 Å². The van der Waals surface area contributed by atoms with E-state index in [0.29, 0.717) is 49.7 Å². The Balaban J connectivity index is 0.724. The summed E-state index contributed by atoms with van der Waals surface area (Å²) in [5.41, 5.74) is 13.5. The van der Waals surface area contributed by atoms with Crippen LogP contribution >= 0.6 is 7.60 Å². The van der Waals surface area contributed by atoms with E-state index in [4.69, 9.17) is 72.8 Å². The summed E-state index contributed by atoms with van der Waals surface area (Å²) in [7, 11) is -4.85. The highest BCUT2D eigenvalue weighted by atomic mass is 31.2. The van der Waals surface area contributed by atoms with Gasteiger partial charge in [-0.1, -0.05) is 0 Å². The lowest BCUT2D eigenvalue weighted by Gasteiger charge is -2.42. The molecule has 99 heavy (non-hydrogen) atoms. The minimum absolute atomic E-state index is 0.0273. The van der Waals surface area contributed by atoms with Crippen LogP contribution in [0.5, 0.6) is 0 Å². The number of imidazole rings is 2. The molecule has 1 saturated carbocycles. The monoisotopic (exact) mass is 1430 g/mol. The van der Waals surface area contributed by atoms with E-state index in [2.05, 4.69) is 51.2 Å². The predicted molar refractivity (Wildman–Crippen MR) is 338 cm³/mol.